The van der Waals surface area contributed by atoms with Gasteiger partial charge >= 0.3 is 0 Å². The lowest BCUT2D eigenvalue weighted by Crippen LogP contribution is -2.48. The molecule has 0 saturated carbocycles. The lowest BCUT2D eigenvalue weighted by Gasteiger charge is -2.35. The van der Waals surface area contributed by atoms with Crippen LogP contribution in [0.4, 0.5) is 0 Å². The second-order valence-electron chi connectivity index (χ2n) is 6.12. The molecule has 1 amide bonds. The average Bonchev–Trinajstić information content (AvgIpc) is 2.49. The highest BCUT2D eigenvalue weighted by Gasteiger charge is 2.29. The van der Waals surface area contributed by atoms with Crippen LogP contribution >= 0.6 is 0 Å². The van der Waals surface area contributed by atoms with Crippen molar-refractivity contribution >= 4 is 5.91 Å². The number of nitrogens with two attached hydrogens (primary N) is 1. The molecule has 3 unspecified atom stereocenters. The van der Waals surface area contributed by atoms with E-state index in [9.17, 15) is 4.79 Å². The number of amides is 1. The number of likely N-dealkylation sites (tertiary alicyclic amines) is 1. The van der Waals surface area contributed by atoms with Gasteiger partial charge in [0.2, 0.25) is 0 Å². The lowest BCUT2D eigenvalue weighted by molar-refractivity contribution is -0.139. The second-order valence-corrected chi connectivity index (χ2v) is 6.12. The van der Waals surface area contributed by atoms with E-state index in [1.807, 2.05) is 49.9 Å². The highest BCUT2D eigenvalue weighted by molar-refractivity contribution is 5.81. The molecule has 0 radical (unpaired) electrons. The van der Waals surface area contributed by atoms with Crippen LogP contribution in [0.3, 0.4) is 0 Å². The van der Waals surface area contributed by atoms with E-state index in [4.69, 9.17) is 10.5 Å². The maximum Gasteiger partial charge on any atom is 0.263 e. The van der Waals surface area contributed by atoms with Crippen LogP contribution in [0.5, 0.6) is 5.75 Å². The smallest absolute Gasteiger partial charge is 0.263 e. The Hall–Kier alpha value is -1.55. The number of carbonyl (C=O) groups excluding carboxylic acids is 1. The summed E-state index contributed by atoms with van der Waals surface area (Å²) in [6, 6.07) is 7.91. The molecule has 0 bridgehead atoms. The number of aryl methyl sites for hydroxylation is 1. The lowest BCUT2D eigenvalue weighted by atomic mass is 9.92. The minimum absolute atomic E-state index is 0.0564. The zero-order chi connectivity index (χ0) is 15.4. The van der Waals surface area contributed by atoms with Crippen LogP contribution < -0.4 is 10.5 Å². The van der Waals surface area contributed by atoms with Gasteiger partial charge in [-0.25, -0.2) is 0 Å². The molecule has 4 nitrogen and oxygen atoms in total. The number of piperidine rings is 1. The number of hydrogen-bond donors (Lipinski definition) is 1. The summed E-state index contributed by atoms with van der Waals surface area (Å²) in [7, 11) is 0. The van der Waals surface area contributed by atoms with Crippen molar-refractivity contribution in [1.82, 2.24) is 4.90 Å². The monoisotopic (exact) mass is 290 g/mol. The Morgan fingerprint density at radius 1 is 1.33 bits per heavy atom. The number of carbonyl (C=O) groups is 1. The van der Waals surface area contributed by atoms with Gasteiger partial charge in [-0.15, -0.1) is 0 Å². The number of nitrogens with zero attached hydrogens (tertiary/aromatic N) is 1. The van der Waals surface area contributed by atoms with Crippen molar-refractivity contribution in [2.24, 2.45) is 11.7 Å². The van der Waals surface area contributed by atoms with Gasteiger partial charge in [-0.1, -0.05) is 17.7 Å². The number of ether oxygens (including phenoxy) is 1. The predicted molar refractivity (Wildman–Crippen MR) is 84.2 cm³/mol. The normalized spacial score (nSPS) is 21.7. The first kappa shape index (κ1) is 15.8. The summed E-state index contributed by atoms with van der Waals surface area (Å²) in [5.41, 5.74) is 7.15. The maximum atomic E-state index is 12.5. The minimum Gasteiger partial charge on any atom is -0.481 e. The van der Waals surface area contributed by atoms with Crippen molar-refractivity contribution in [3.05, 3.63) is 29.8 Å². The Labute approximate surface area is 127 Å². The molecule has 3 atom stereocenters. The Kier molecular flexibility index (Phi) is 5.23. The van der Waals surface area contributed by atoms with E-state index >= 15 is 0 Å². The molecule has 1 heterocycles. The molecule has 4 heteroatoms. The van der Waals surface area contributed by atoms with Gasteiger partial charge < -0.3 is 15.4 Å². The van der Waals surface area contributed by atoms with E-state index in [1.54, 1.807) is 0 Å². The molecule has 1 aromatic carbocycles. The fourth-order valence-electron chi connectivity index (χ4n) is 2.77. The SMILES string of the molecule is Cc1ccc(OC(C)C(=O)N2CCCC(C(C)N)C2)cc1. The molecule has 0 aromatic heterocycles. The first-order valence-corrected chi connectivity index (χ1v) is 7.75. The highest BCUT2D eigenvalue weighted by Crippen LogP contribution is 2.20. The summed E-state index contributed by atoms with van der Waals surface area (Å²) in [5.74, 6) is 1.19. The third-order valence-corrected chi connectivity index (χ3v) is 4.19. The van der Waals surface area contributed by atoms with Crippen LogP contribution in [-0.4, -0.2) is 36.0 Å². The van der Waals surface area contributed by atoms with Crippen molar-refractivity contribution in [3.63, 3.8) is 0 Å². The van der Waals surface area contributed by atoms with Gasteiger partial charge in [0.05, 0.1) is 0 Å². The molecule has 0 aliphatic carbocycles. The van der Waals surface area contributed by atoms with Crippen LogP contribution in [-0.2, 0) is 4.79 Å². The molecule has 1 aliphatic heterocycles. The molecule has 2 rings (SSSR count). The highest BCUT2D eigenvalue weighted by atomic mass is 16.5. The van der Waals surface area contributed by atoms with E-state index in [2.05, 4.69) is 0 Å². The molecule has 21 heavy (non-hydrogen) atoms. The topological polar surface area (TPSA) is 55.6 Å². The average molecular weight is 290 g/mol. The minimum atomic E-state index is -0.459. The van der Waals surface area contributed by atoms with Crippen molar-refractivity contribution in [1.29, 1.82) is 0 Å². The van der Waals surface area contributed by atoms with Crippen molar-refractivity contribution in [3.8, 4) is 5.75 Å². The largest absolute Gasteiger partial charge is 0.481 e. The van der Waals surface area contributed by atoms with E-state index in [0.29, 0.717) is 5.92 Å². The fourth-order valence-corrected chi connectivity index (χ4v) is 2.77. The molecular formula is C17H26N2O2. The summed E-state index contributed by atoms with van der Waals surface area (Å²) >= 11 is 0. The summed E-state index contributed by atoms with van der Waals surface area (Å²) < 4.78 is 5.76. The standard InChI is InChI=1S/C17H26N2O2/c1-12-6-8-16(9-7-12)21-14(3)17(20)19-10-4-5-15(11-19)13(2)18/h6-9,13-15H,4-5,10-11,18H2,1-3H3. The van der Waals surface area contributed by atoms with E-state index in [-0.39, 0.29) is 11.9 Å². The van der Waals surface area contributed by atoms with Gasteiger partial charge in [0.25, 0.3) is 5.91 Å². The first-order valence-electron chi connectivity index (χ1n) is 7.75. The summed E-state index contributed by atoms with van der Waals surface area (Å²) in [6.45, 7) is 7.42. The van der Waals surface area contributed by atoms with E-state index in [0.717, 1.165) is 31.7 Å². The predicted octanol–water partition coefficient (Wildman–Crippen LogP) is 2.35. The number of hydrogen-bond acceptors (Lipinski definition) is 3. The van der Waals surface area contributed by atoms with E-state index < -0.39 is 6.10 Å². The Morgan fingerprint density at radius 2 is 2.00 bits per heavy atom. The van der Waals surface area contributed by atoms with Crippen molar-refractivity contribution in [2.45, 2.75) is 45.8 Å². The third-order valence-electron chi connectivity index (χ3n) is 4.19. The Balaban J connectivity index is 1.93. The van der Waals surface area contributed by atoms with Gasteiger partial charge in [0, 0.05) is 19.1 Å². The van der Waals surface area contributed by atoms with E-state index in [1.165, 1.54) is 5.56 Å². The molecule has 116 valence electrons. The van der Waals surface area contributed by atoms with Gasteiger partial charge in [-0.3, -0.25) is 4.79 Å². The second kappa shape index (κ2) is 6.94. The van der Waals surface area contributed by atoms with Gasteiger partial charge in [-0.05, 0) is 51.7 Å². The molecule has 1 aliphatic rings. The Bertz CT molecular complexity index is 470. The zero-order valence-electron chi connectivity index (χ0n) is 13.2. The summed E-state index contributed by atoms with van der Waals surface area (Å²) in [5, 5.41) is 0. The van der Waals surface area contributed by atoms with Gasteiger partial charge in [0.1, 0.15) is 5.75 Å². The maximum absolute atomic E-state index is 12.5. The summed E-state index contributed by atoms with van der Waals surface area (Å²) in [6.07, 6.45) is 1.67. The zero-order valence-corrected chi connectivity index (χ0v) is 13.2. The first-order chi connectivity index (χ1) is 9.97. The molecular weight excluding hydrogens is 264 g/mol. The number of benzene rings is 1. The van der Waals surface area contributed by atoms with Crippen molar-refractivity contribution in [2.75, 3.05) is 13.1 Å². The van der Waals surface area contributed by atoms with Gasteiger partial charge in [-0.2, -0.15) is 0 Å². The van der Waals surface area contributed by atoms with Crippen LogP contribution in [0.1, 0.15) is 32.3 Å². The van der Waals surface area contributed by atoms with Crippen molar-refractivity contribution < 1.29 is 9.53 Å². The molecule has 1 aromatic rings. The van der Waals surface area contributed by atoms with Crippen LogP contribution in [0.15, 0.2) is 24.3 Å². The number of rotatable bonds is 4. The summed E-state index contributed by atoms with van der Waals surface area (Å²) in [4.78, 5) is 14.4. The quantitative estimate of drug-likeness (QED) is 0.926. The van der Waals surface area contributed by atoms with Gasteiger partial charge in [0.15, 0.2) is 6.10 Å². The molecule has 0 spiro atoms. The van der Waals surface area contributed by atoms with Crippen LogP contribution in [0.25, 0.3) is 0 Å². The fraction of sp³-hybridized carbons (Fsp3) is 0.588. The molecule has 1 fully saturated rings. The Morgan fingerprint density at radius 3 is 2.62 bits per heavy atom. The molecule has 1 saturated heterocycles. The van der Waals surface area contributed by atoms with Crippen LogP contribution in [0, 0.1) is 12.8 Å². The molecule has 2 N–H and O–H groups in total. The van der Waals surface area contributed by atoms with Crippen LogP contribution in [0.2, 0.25) is 0 Å². The third kappa shape index (κ3) is 4.21.